The smallest absolute Gasteiger partial charge is 0.315 e. The Morgan fingerprint density at radius 1 is 1.39 bits per heavy atom. The molecule has 2 amide bonds. The molecule has 2 unspecified atom stereocenters. The van der Waals surface area contributed by atoms with Crippen LogP contribution in [0.2, 0.25) is 0 Å². The number of urea groups is 1. The summed E-state index contributed by atoms with van der Waals surface area (Å²) in [5.41, 5.74) is 0.922. The van der Waals surface area contributed by atoms with Gasteiger partial charge in [-0.1, -0.05) is 18.6 Å². The third-order valence-electron chi connectivity index (χ3n) is 4.26. The Labute approximate surface area is 136 Å². The summed E-state index contributed by atoms with van der Waals surface area (Å²) in [6.45, 7) is 0.626. The van der Waals surface area contributed by atoms with Gasteiger partial charge >= 0.3 is 6.03 Å². The number of halogens is 1. The van der Waals surface area contributed by atoms with E-state index in [4.69, 9.17) is 4.74 Å². The maximum absolute atomic E-state index is 13.1. The lowest BCUT2D eigenvalue weighted by atomic mass is 9.77. The minimum atomic E-state index is -0.583. The number of hydrogen-bond acceptors (Lipinski definition) is 3. The van der Waals surface area contributed by atoms with E-state index in [0.29, 0.717) is 18.9 Å². The van der Waals surface area contributed by atoms with Crippen molar-refractivity contribution in [3.8, 4) is 0 Å². The van der Waals surface area contributed by atoms with Crippen molar-refractivity contribution in [2.75, 3.05) is 20.3 Å². The molecular formula is C17H25FN2O3. The van der Waals surface area contributed by atoms with Gasteiger partial charge in [0.25, 0.3) is 0 Å². The molecule has 1 fully saturated rings. The summed E-state index contributed by atoms with van der Waals surface area (Å²) in [5.74, 6) is 0.114. The molecule has 1 saturated carbocycles. The van der Waals surface area contributed by atoms with Crippen molar-refractivity contribution < 1.29 is 19.0 Å². The molecule has 0 bridgehead atoms. The molecule has 1 aliphatic rings. The van der Waals surface area contributed by atoms with Crippen molar-refractivity contribution in [2.45, 2.75) is 37.8 Å². The SMILES string of the molecule is COCC(O)CCNC(=O)NC(c1ccc(F)cc1)C1CCC1. The minimum Gasteiger partial charge on any atom is -0.391 e. The number of aliphatic hydroxyl groups is 1. The van der Waals surface area contributed by atoms with Gasteiger partial charge in [0.05, 0.1) is 18.8 Å². The van der Waals surface area contributed by atoms with Crippen molar-refractivity contribution in [3.63, 3.8) is 0 Å². The Hall–Kier alpha value is -1.66. The van der Waals surface area contributed by atoms with Crippen molar-refractivity contribution in [3.05, 3.63) is 35.6 Å². The Kier molecular flexibility index (Phi) is 6.80. The highest BCUT2D eigenvalue weighted by Crippen LogP contribution is 2.37. The van der Waals surface area contributed by atoms with Crippen LogP contribution in [0.25, 0.3) is 0 Å². The van der Waals surface area contributed by atoms with Crippen molar-refractivity contribution >= 4 is 6.03 Å². The number of hydrogen-bond donors (Lipinski definition) is 3. The maximum Gasteiger partial charge on any atom is 0.315 e. The molecule has 128 valence electrons. The van der Waals surface area contributed by atoms with Gasteiger partial charge in [-0.25, -0.2) is 9.18 Å². The van der Waals surface area contributed by atoms with Crippen LogP contribution >= 0.6 is 0 Å². The van der Waals surface area contributed by atoms with Crippen molar-refractivity contribution in [1.29, 1.82) is 0 Å². The standard InChI is InChI=1S/C17H25FN2O3/c1-23-11-15(21)9-10-19-17(22)20-16(12-3-2-4-12)13-5-7-14(18)8-6-13/h5-8,12,15-16,21H,2-4,9-11H2,1H3,(H2,19,20,22). The first-order valence-electron chi connectivity index (χ1n) is 8.07. The quantitative estimate of drug-likeness (QED) is 0.687. The van der Waals surface area contributed by atoms with Gasteiger partial charge in [-0.3, -0.25) is 0 Å². The van der Waals surface area contributed by atoms with Crippen molar-refractivity contribution in [1.82, 2.24) is 10.6 Å². The van der Waals surface area contributed by atoms with Gasteiger partial charge in [-0.15, -0.1) is 0 Å². The van der Waals surface area contributed by atoms with E-state index in [9.17, 15) is 14.3 Å². The molecule has 0 heterocycles. The first kappa shape index (κ1) is 17.7. The van der Waals surface area contributed by atoms with Gasteiger partial charge in [0.15, 0.2) is 0 Å². The molecule has 0 aromatic heterocycles. The minimum absolute atomic E-state index is 0.103. The van der Waals surface area contributed by atoms with E-state index in [-0.39, 0.29) is 24.5 Å². The highest BCUT2D eigenvalue weighted by atomic mass is 19.1. The molecule has 2 rings (SSSR count). The van der Waals surface area contributed by atoms with Crippen LogP contribution in [0.4, 0.5) is 9.18 Å². The Bertz CT molecular complexity index is 491. The van der Waals surface area contributed by atoms with E-state index in [1.807, 2.05) is 0 Å². The largest absolute Gasteiger partial charge is 0.391 e. The van der Waals surface area contributed by atoms with Crippen LogP contribution in [-0.2, 0) is 4.74 Å². The third kappa shape index (κ3) is 5.48. The molecule has 1 aromatic rings. The number of aliphatic hydroxyl groups excluding tert-OH is 1. The van der Waals surface area contributed by atoms with E-state index < -0.39 is 6.10 Å². The van der Waals surface area contributed by atoms with Gasteiger partial charge < -0.3 is 20.5 Å². The molecule has 0 spiro atoms. The van der Waals surface area contributed by atoms with Gasteiger partial charge in [0.1, 0.15) is 5.82 Å². The van der Waals surface area contributed by atoms with Gasteiger partial charge in [-0.05, 0) is 42.9 Å². The van der Waals surface area contributed by atoms with Crippen LogP contribution in [-0.4, -0.2) is 37.5 Å². The lowest BCUT2D eigenvalue weighted by Gasteiger charge is -2.34. The van der Waals surface area contributed by atoms with Gasteiger partial charge in [0.2, 0.25) is 0 Å². The molecular weight excluding hydrogens is 299 g/mol. The second-order valence-electron chi connectivity index (χ2n) is 6.02. The van der Waals surface area contributed by atoms with E-state index in [0.717, 1.165) is 24.8 Å². The highest BCUT2D eigenvalue weighted by molar-refractivity contribution is 5.74. The van der Waals surface area contributed by atoms with E-state index in [1.165, 1.54) is 19.2 Å². The normalized spacial score (nSPS) is 17.2. The fraction of sp³-hybridized carbons (Fsp3) is 0.588. The van der Waals surface area contributed by atoms with E-state index in [1.54, 1.807) is 12.1 Å². The molecule has 1 aliphatic carbocycles. The molecule has 5 nitrogen and oxygen atoms in total. The first-order valence-corrected chi connectivity index (χ1v) is 8.07. The fourth-order valence-electron chi connectivity index (χ4n) is 2.74. The second kappa shape index (κ2) is 8.84. The zero-order valence-electron chi connectivity index (χ0n) is 13.4. The van der Waals surface area contributed by atoms with Crippen LogP contribution in [0.5, 0.6) is 0 Å². The molecule has 23 heavy (non-hydrogen) atoms. The number of amides is 2. The third-order valence-corrected chi connectivity index (χ3v) is 4.26. The summed E-state index contributed by atoms with van der Waals surface area (Å²) < 4.78 is 17.9. The molecule has 1 aromatic carbocycles. The number of benzene rings is 1. The zero-order chi connectivity index (χ0) is 16.7. The van der Waals surface area contributed by atoms with Gasteiger partial charge in [0, 0.05) is 13.7 Å². The number of nitrogens with one attached hydrogen (secondary N) is 2. The summed E-state index contributed by atoms with van der Waals surface area (Å²) >= 11 is 0. The highest BCUT2D eigenvalue weighted by Gasteiger charge is 2.29. The number of rotatable bonds is 8. The molecule has 6 heteroatoms. The number of methoxy groups -OCH3 is 1. The zero-order valence-corrected chi connectivity index (χ0v) is 13.4. The van der Waals surface area contributed by atoms with E-state index >= 15 is 0 Å². The second-order valence-corrected chi connectivity index (χ2v) is 6.02. The van der Waals surface area contributed by atoms with Gasteiger partial charge in [-0.2, -0.15) is 0 Å². The summed E-state index contributed by atoms with van der Waals surface area (Å²) in [6, 6.07) is 5.91. The maximum atomic E-state index is 13.1. The van der Waals surface area contributed by atoms with Crippen LogP contribution in [0.3, 0.4) is 0 Å². The number of carbonyl (C=O) groups excluding carboxylic acids is 1. The number of ether oxygens (including phenoxy) is 1. The molecule has 3 N–H and O–H groups in total. The lowest BCUT2D eigenvalue weighted by molar-refractivity contribution is 0.0598. The van der Waals surface area contributed by atoms with Crippen LogP contribution < -0.4 is 10.6 Å². The molecule has 0 radical (unpaired) electrons. The predicted octanol–water partition coefficient (Wildman–Crippen LogP) is 2.36. The summed E-state index contributed by atoms with van der Waals surface area (Å²) in [5, 5.41) is 15.3. The first-order chi connectivity index (χ1) is 11.1. The van der Waals surface area contributed by atoms with E-state index in [2.05, 4.69) is 10.6 Å². The summed E-state index contributed by atoms with van der Waals surface area (Å²) in [4.78, 5) is 12.1. The molecule has 0 aliphatic heterocycles. The number of carbonyl (C=O) groups is 1. The monoisotopic (exact) mass is 324 g/mol. The summed E-state index contributed by atoms with van der Waals surface area (Å²) in [7, 11) is 1.52. The van der Waals surface area contributed by atoms with Crippen LogP contribution in [0, 0.1) is 11.7 Å². The fourth-order valence-corrected chi connectivity index (χ4v) is 2.74. The molecule has 2 atom stereocenters. The Morgan fingerprint density at radius 3 is 2.65 bits per heavy atom. The Balaban J connectivity index is 1.85. The van der Waals surface area contributed by atoms with Crippen LogP contribution in [0.1, 0.15) is 37.3 Å². The topological polar surface area (TPSA) is 70.6 Å². The van der Waals surface area contributed by atoms with Crippen LogP contribution in [0.15, 0.2) is 24.3 Å². The molecule has 0 saturated heterocycles. The summed E-state index contributed by atoms with van der Waals surface area (Å²) in [6.07, 6.45) is 3.14. The average Bonchev–Trinajstić information content (AvgIpc) is 2.46. The Morgan fingerprint density at radius 2 is 2.09 bits per heavy atom. The predicted molar refractivity (Wildman–Crippen MR) is 85.5 cm³/mol. The average molecular weight is 324 g/mol. The van der Waals surface area contributed by atoms with Crippen molar-refractivity contribution in [2.24, 2.45) is 5.92 Å². The lowest BCUT2D eigenvalue weighted by Crippen LogP contribution is -2.43.